The molecule has 0 bridgehead atoms. The third-order valence-electron chi connectivity index (χ3n) is 10.4. The summed E-state index contributed by atoms with van der Waals surface area (Å²) in [5.41, 5.74) is 15.5. The average Bonchev–Trinajstić information content (AvgIpc) is 3.83. The van der Waals surface area contributed by atoms with Gasteiger partial charge in [0.15, 0.2) is 11.3 Å². The summed E-state index contributed by atoms with van der Waals surface area (Å²) in [5.74, 6) is 1.62. The molecule has 10 rings (SSSR count). The van der Waals surface area contributed by atoms with Crippen LogP contribution in [0.5, 0.6) is 0 Å². The maximum absolute atomic E-state index is 5.21. The first-order valence-corrected chi connectivity index (χ1v) is 18.5. The first kappa shape index (κ1) is 33.0. The lowest BCUT2D eigenvalue weighted by Gasteiger charge is -2.19. The van der Waals surface area contributed by atoms with E-state index in [9.17, 15) is 0 Å². The van der Waals surface area contributed by atoms with Gasteiger partial charge in [-0.15, -0.1) is 0 Å². The van der Waals surface area contributed by atoms with Crippen molar-refractivity contribution in [2.45, 2.75) is 13.8 Å². The Morgan fingerprint density at radius 3 is 1.20 bits per heavy atom. The Labute approximate surface area is 323 Å². The minimum absolute atomic E-state index is 0.804. The summed E-state index contributed by atoms with van der Waals surface area (Å²) in [4.78, 5) is 29.4. The van der Waals surface area contributed by atoms with E-state index in [2.05, 4.69) is 142 Å². The first-order chi connectivity index (χ1) is 27.7. The highest BCUT2D eigenvalue weighted by atomic mass is 15.1. The summed E-state index contributed by atoms with van der Waals surface area (Å²) < 4.78 is 4.34. The molecule has 8 heteroatoms. The highest BCUT2D eigenvalue weighted by Crippen LogP contribution is 2.44. The van der Waals surface area contributed by atoms with Gasteiger partial charge in [0.05, 0.1) is 11.4 Å². The van der Waals surface area contributed by atoms with Crippen LogP contribution in [0.2, 0.25) is 0 Å². The van der Waals surface area contributed by atoms with Gasteiger partial charge in [-0.1, -0.05) is 84.9 Å². The van der Waals surface area contributed by atoms with Crippen LogP contribution in [-0.4, -0.2) is 39.0 Å². The molecule has 0 saturated heterocycles. The van der Waals surface area contributed by atoms with E-state index >= 15 is 0 Å². The fourth-order valence-corrected chi connectivity index (χ4v) is 7.79. The fourth-order valence-electron chi connectivity index (χ4n) is 7.79. The highest BCUT2D eigenvalue weighted by Gasteiger charge is 2.24. The molecule has 4 aromatic carbocycles. The molecule has 0 amide bonds. The van der Waals surface area contributed by atoms with Gasteiger partial charge in [0.1, 0.15) is 22.7 Å². The van der Waals surface area contributed by atoms with Crippen molar-refractivity contribution in [3.05, 3.63) is 182 Å². The van der Waals surface area contributed by atoms with Gasteiger partial charge in [-0.3, -0.25) is 19.1 Å². The van der Waals surface area contributed by atoms with Gasteiger partial charge >= 0.3 is 0 Å². The molecule has 0 unspecified atom stereocenters. The van der Waals surface area contributed by atoms with Crippen molar-refractivity contribution in [1.82, 2.24) is 39.0 Å². The number of hydrogen-bond acceptors (Lipinski definition) is 6. The number of rotatable bonds is 7. The summed E-state index contributed by atoms with van der Waals surface area (Å²) >= 11 is 0. The van der Waals surface area contributed by atoms with Crippen LogP contribution in [0.3, 0.4) is 0 Å². The molecule has 0 aliphatic heterocycles. The molecule has 266 valence electrons. The molecule has 0 aliphatic carbocycles. The van der Waals surface area contributed by atoms with Crippen molar-refractivity contribution in [2.24, 2.45) is 0 Å². The summed E-state index contributed by atoms with van der Waals surface area (Å²) in [6, 6.07) is 45.6. The molecule has 0 spiro atoms. The van der Waals surface area contributed by atoms with E-state index in [1.54, 1.807) is 0 Å². The van der Waals surface area contributed by atoms with Crippen LogP contribution < -0.4 is 0 Å². The van der Waals surface area contributed by atoms with Crippen LogP contribution in [0.1, 0.15) is 11.1 Å². The summed E-state index contributed by atoms with van der Waals surface area (Å²) in [5, 5.41) is 0. The third kappa shape index (κ3) is 5.46. The Bertz CT molecular complexity index is 2880. The zero-order chi connectivity index (χ0) is 37.6. The SMILES string of the molecule is Cc1ccccc1-n1c(-c2ccccc2-c2cnccc2-c2ccncc2-c2ccccc2-c2nc3cccnc3n2-c2ccccc2C)nc2cccnc21. The van der Waals surface area contributed by atoms with Crippen LogP contribution >= 0.6 is 0 Å². The molecule has 8 nitrogen and oxygen atoms in total. The minimum Gasteiger partial charge on any atom is -0.276 e. The van der Waals surface area contributed by atoms with Gasteiger partial charge in [-0.05, 0) is 95.8 Å². The molecule has 6 aromatic heterocycles. The summed E-state index contributed by atoms with van der Waals surface area (Å²) in [6.07, 6.45) is 11.3. The van der Waals surface area contributed by atoms with Gasteiger partial charge in [0.2, 0.25) is 0 Å². The van der Waals surface area contributed by atoms with Crippen LogP contribution in [-0.2, 0) is 0 Å². The second-order valence-corrected chi connectivity index (χ2v) is 13.7. The number of hydrogen-bond donors (Lipinski definition) is 0. The maximum Gasteiger partial charge on any atom is 0.164 e. The monoisotopic (exact) mass is 722 g/mol. The minimum atomic E-state index is 0.804. The fraction of sp³-hybridized carbons (Fsp3) is 0.0417. The Balaban J connectivity index is 1.18. The molecule has 0 saturated carbocycles. The molecule has 6 heterocycles. The van der Waals surface area contributed by atoms with Gasteiger partial charge in [-0.25, -0.2) is 19.9 Å². The summed E-state index contributed by atoms with van der Waals surface area (Å²) in [6.45, 7) is 4.24. The number of fused-ring (bicyclic) bond motifs is 2. The Hall–Kier alpha value is -7.58. The predicted molar refractivity (Wildman–Crippen MR) is 224 cm³/mol. The number of benzene rings is 4. The molecular formula is C48H34N8. The smallest absolute Gasteiger partial charge is 0.164 e. The number of pyridine rings is 4. The molecule has 56 heavy (non-hydrogen) atoms. The number of nitrogens with zero attached hydrogens (tertiary/aromatic N) is 8. The van der Waals surface area contributed by atoms with Gasteiger partial charge in [-0.2, -0.15) is 0 Å². The number of aryl methyl sites for hydroxylation is 2. The van der Waals surface area contributed by atoms with Crippen LogP contribution in [0, 0.1) is 13.8 Å². The Morgan fingerprint density at radius 2 is 0.750 bits per heavy atom. The Kier molecular flexibility index (Phi) is 8.07. The predicted octanol–water partition coefficient (Wildman–Crippen LogP) is 10.9. The standard InChI is InChI=1S/C48H34N8/c1-31-13-3-9-21-43(31)55-45(53-41-19-11-25-51-47(41)55)37-17-7-5-15-33(37)39-29-49-27-23-35(39)36-24-28-50-30-40(36)34-16-6-8-18-38(34)46-54-42-20-12-26-52-48(42)56(46)44-22-10-4-14-32(44)2/h3-30H,1-2H3. The molecule has 0 atom stereocenters. The average molecular weight is 723 g/mol. The third-order valence-corrected chi connectivity index (χ3v) is 10.4. The number of imidazole rings is 2. The zero-order valence-electron chi connectivity index (χ0n) is 30.7. The second kappa shape index (κ2) is 13.7. The molecule has 0 fully saturated rings. The van der Waals surface area contributed by atoms with Crippen molar-refractivity contribution in [3.8, 4) is 67.5 Å². The number of aromatic nitrogens is 8. The van der Waals surface area contributed by atoms with E-state index in [1.807, 2.05) is 61.4 Å². The van der Waals surface area contributed by atoms with E-state index < -0.39 is 0 Å². The molecular weight excluding hydrogens is 689 g/mol. The van der Waals surface area contributed by atoms with Gasteiger partial charge < -0.3 is 0 Å². The summed E-state index contributed by atoms with van der Waals surface area (Å²) in [7, 11) is 0. The molecule has 0 radical (unpaired) electrons. The largest absolute Gasteiger partial charge is 0.276 e. The van der Waals surface area contributed by atoms with E-state index in [0.29, 0.717) is 0 Å². The van der Waals surface area contributed by atoms with Crippen molar-refractivity contribution < 1.29 is 0 Å². The molecule has 0 N–H and O–H groups in total. The van der Waals surface area contributed by atoms with E-state index in [0.717, 1.165) is 101 Å². The van der Waals surface area contributed by atoms with Gasteiger partial charge in [0, 0.05) is 59.4 Å². The van der Waals surface area contributed by atoms with E-state index in [4.69, 9.17) is 19.9 Å². The van der Waals surface area contributed by atoms with Crippen LogP contribution in [0.4, 0.5) is 0 Å². The second-order valence-electron chi connectivity index (χ2n) is 13.7. The van der Waals surface area contributed by atoms with Crippen molar-refractivity contribution in [2.75, 3.05) is 0 Å². The topological polar surface area (TPSA) is 87.2 Å². The quantitative estimate of drug-likeness (QED) is 0.163. The zero-order valence-corrected chi connectivity index (χ0v) is 30.7. The lowest BCUT2D eigenvalue weighted by molar-refractivity contribution is 1.06. The lowest BCUT2D eigenvalue weighted by atomic mass is 9.88. The van der Waals surface area contributed by atoms with Crippen molar-refractivity contribution in [1.29, 1.82) is 0 Å². The molecule has 10 aromatic rings. The van der Waals surface area contributed by atoms with Crippen LogP contribution in [0.15, 0.2) is 171 Å². The first-order valence-electron chi connectivity index (χ1n) is 18.5. The van der Waals surface area contributed by atoms with Crippen molar-refractivity contribution in [3.63, 3.8) is 0 Å². The van der Waals surface area contributed by atoms with Gasteiger partial charge in [0.25, 0.3) is 0 Å². The number of para-hydroxylation sites is 2. The Morgan fingerprint density at radius 1 is 0.357 bits per heavy atom. The van der Waals surface area contributed by atoms with Crippen molar-refractivity contribution >= 4 is 22.3 Å². The van der Waals surface area contributed by atoms with E-state index in [1.165, 1.54) is 0 Å². The van der Waals surface area contributed by atoms with E-state index in [-0.39, 0.29) is 0 Å². The maximum atomic E-state index is 5.21. The lowest BCUT2D eigenvalue weighted by Crippen LogP contribution is -2.02. The van der Waals surface area contributed by atoms with Crippen LogP contribution in [0.25, 0.3) is 89.9 Å². The molecule has 0 aliphatic rings. The highest BCUT2D eigenvalue weighted by molar-refractivity contribution is 5.98. The normalized spacial score (nSPS) is 11.4.